The number of likely N-dealkylation sites (N-methyl/N-ethyl adjacent to an activating group) is 1. The van der Waals surface area contributed by atoms with E-state index in [9.17, 15) is 5.11 Å². The third-order valence-electron chi connectivity index (χ3n) is 4.41. The second-order valence-electron chi connectivity index (χ2n) is 5.23. The van der Waals surface area contributed by atoms with E-state index in [2.05, 4.69) is 32.8 Å². The molecule has 0 aromatic heterocycles. The zero-order chi connectivity index (χ0) is 11.5. The van der Waals surface area contributed by atoms with Crippen molar-refractivity contribution >= 4 is 0 Å². The molecule has 2 heteroatoms. The molecule has 0 saturated heterocycles. The van der Waals surface area contributed by atoms with Gasteiger partial charge < -0.3 is 10.0 Å². The molecule has 1 aliphatic carbocycles. The summed E-state index contributed by atoms with van der Waals surface area (Å²) < 4.78 is 0. The van der Waals surface area contributed by atoms with E-state index in [1.165, 1.54) is 12.8 Å². The van der Waals surface area contributed by atoms with Gasteiger partial charge in [-0.2, -0.15) is 0 Å². The molecule has 15 heavy (non-hydrogen) atoms. The lowest BCUT2D eigenvalue weighted by Gasteiger charge is -2.43. The van der Waals surface area contributed by atoms with E-state index in [-0.39, 0.29) is 11.6 Å². The van der Waals surface area contributed by atoms with Crippen LogP contribution in [0.2, 0.25) is 0 Å². The molecule has 0 spiro atoms. The zero-order valence-corrected chi connectivity index (χ0v) is 10.8. The van der Waals surface area contributed by atoms with E-state index >= 15 is 0 Å². The maximum atomic E-state index is 10.6. The maximum Gasteiger partial charge on any atom is 0.0751 e. The zero-order valence-electron chi connectivity index (χ0n) is 10.8. The largest absolute Gasteiger partial charge is 0.391 e. The molecule has 0 aromatic rings. The predicted molar refractivity (Wildman–Crippen MR) is 65.0 cm³/mol. The summed E-state index contributed by atoms with van der Waals surface area (Å²) in [6.45, 7) is 4.38. The Morgan fingerprint density at radius 3 is 1.93 bits per heavy atom. The molecule has 0 aromatic carbocycles. The highest BCUT2D eigenvalue weighted by Gasteiger charge is 2.44. The van der Waals surface area contributed by atoms with Crippen LogP contribution in [0.1, 0.15) is 52.4 Å². The van der Waals surface area contributed by atoms with E-state index < -0.39 is 0 Å². The fourth-order valence-electron chi connectivity index (χ4n) is 3.17. The lowest BCUT2D eigenvalue weighted by atomic mass is 9.79. The number of hydrogen-bond donors (Lipinski definition) is 1. The van der Waals surface area contributed by atoms with Crippen LogP contribution in [0.4, 0.5) is 0 Å². The standard InChI is InChI=1S/C13H27NO/c1-5-11(6-2)12(15)13(14(3)4)9-7-8-10-13/h11-12,15H,5-10H2,1-4H3. The molecule has 1 N–H and O–H groups in total. The van der Waals surface area contributed by atoms with Gasteiger partial charge in [-0.1, -0.05) is 39.5 Å². The second kappa shape index (κ2) is 5.31. The van der Waals surface area contributed by atoms with E-state index in [4.69, 9.17) is 0 Å². The third-order valence-corrected chi connectivity index (χ3v) is 4.41. The Bertz CT molecular complexity index is 181. The summed E-state index contributed by atoms with van der Waals surface area (Å²) >= 11 is 0. The smallest absolute Gasteiger partial charge is 0.0751 e. The van der Waals surface area contributed by atoms with Crippen molar-refractivity contribution in [1.29, 1.82) is 0 Å². The van der Waals surface area contributed by atoms with Crippen LogP contribution >= 0.6 is 0 Å². The summed E-state index contributed by atoms with van der Waals surface area (Å²) in [5, 5.41) is 10.6. The normalized spacial score (nSPS) is 22.6. The fraction of sp³-hybridized carbons (Fsp3) is 1.00. The van der Waals surface area contributed by atoms with Crippen LogP contribution in [0.5, 0.6) is 0 Å². The molecule has 0 aliphatic heterocycles. The quantitative estimate of drug-likeness (QED) is 0.759. The fourth-order valence-corrected chi connectivity index (χ4v) is 3.17. The van der Waals surface area contributed by atoms with Gasteiger partial charge in [0, 0.05) is 5.54 Å². The third kappa shape index (κ3) is 2.36. The molecule has 1 fully saturated rings. The van der Waals surface area contributed by atoms with Crippen molar-refractivity contribution in [3.05, 3.63) is 0 Å². The SMILES string of the molecule is CCC(CC)C(O)C1(N(C)C)CCCC1. The topological polar surface area (TPSA) is 23.5 Å². The second-order valence-corrected chi connectivity index (χ2v) is 5.23. The first kappa shape index (κ1) is 13.0. The predicted octanol–water partition coefficient (Wildman–Crippen LogP) is 2.66. The average molecular weight is 213 g/mol. The molecular weight excluding hydrogens is 186 g/mol. The molecule has 2 nitrogen and oxygen atoms in total. The van der Waals surface area contributed by atoms with Crippen molar-refractivity contribution in [2.75, 3.05) is 14.1 Å². The Morgan fingerprint density at radius 1 is 1.13 bits per heavy atom. The Morgan fingerprint density at radius 2 is 1.60 bits per heavy atom. The summed E-state index contributed by atoms with van der Waals surface area (Å²) in [6, 6.07) is 0. The van der Waals surface area contributed by atoms with Gasteiger partial charge in [0.15, 0.2) is 0 Å². The Labute approximate surface area is 94.7 Å². The van der Waals surface area contributed by atoms with Gasteiger partial charge in [-0.15, -0.1) is 0 Å². The van der Waals surface area contributed by atoms with Crippen LogP contribution in [-0.4, -0.2) is 35.7 Å². The highest BCUT2D eigenvalue weighted by molar-refractivity contribution is 5.00. The maximum absolute atomic E-state index is 10.6. The van der Waals surface area contributed by atoms with E-state index in [1.54, 1.807) is 0 Å². The molecule has 1 aliphatic rings. The molecule has 1 unspecified atom stereocenters. The van der Waals surface area contributed by atoms with Gasteiger partial charge in [0.1, 0.15) is 0 Å². The van der Waals surface area contributed by atoms with Crippen LogP contribution < -0.4 is 0 Å². The number of aliphatic hydroxyl groups is 1. The van der Waals surface area contributed by atoms with Crippen LogP contribution in [0.3, 0.4) is 0 Å². The van der Waals surface area contributed by atoms with E-state index in [0.717, 1.165) is 25.7 Å². The first-order valence-electron chi connectivity index (χ1n) is 6.44. The van der Waals surface area contributed by atoms with Crippen molar-refractivity contribution in [3.8, 4) is 0 Å². The molecule has 0 heterocycles. The minimum absolute atomic E-state index is 0.0662. The van der Waals surface area contributed by atoms with Gasteiger partial charge in [-0.3, -0.25) is 0 Å². The van der Waals surface area contributed by atoms with Gasteiger partial charge >= 0.3 is 0 Å². The highest BCUT2D eigenvalue weighted by atomic mass is 16.3. The van der Waals surface area contributed by atoms with Crippen LogP contribution in [0.25, 0.3) is 0 Å². The Kier molecular flexibility index (Phi) is 4.60. The van der Waals surface area contributed by atoms with E-state index in [0.29, 0.717) is 5.92 Å². The van der Waals surface area contributed by atoms with Crippen molar-refractivity contribution < 1.29 is 5.11 Å². The summed E-state index contributed by atoms with van der Waals surface area (Å²) in [5.41, 5.74) is 0.0662. The van der Waals surface area contributed by atoms with Gasteiger partial charge in [-0.05, 0) is 32.9 Å². The average Bonchev–Trinajstić information content (AvgIpc) is 2.69. The van der Waals surface area contributed by atoms with E-state index in [1.807, 2.05) is 0 Å². The van der Waals surface area contributed by atoms with Gasteiger partial charge in [0.25, 0.3) is 0 Å². The Balaban J connectivity index is 2.79. The van der Waals surface area contributed by atoms with Crippen molar-refractivity contribution in [1.82, 2.24) is 4.90 Å². The number of nitrogens with zero attached hydrogens (tertiary/aromatic N) is 1. The van der Waals surface area contributed by atoms with Gasteiger partial charge in [-0.25, -0.2) is 0 Å². The highest BCUT2D eigenvalue weighted by Crippen LogP contribution is 2.40. The van der Waals surface area contributed by atoms with Crippen LogP contribution in [-0.2, 0) is 0 Å². The van der Waals surface area contributed by atoms with Crippen LogP contribution in [0, 0.1) is 5.92 Å². The Hall–Kier alpha value is -0.0800. The first-order chi connectivity index (χ1) is 7.08. The van der Waals surface area contributed by atoms with Crippen molar-refractivity contribution in [3.63, 3.8) is 0 Å². The summed E-state index contributed by atoms with van der Waals surface area (Å²) in [5.74, 6) is 0.463. The van der Waals surface area contributed by atoms with Crippen molar-refractivity contribution in [2.24, 2.45) is 5.92 Å². The molecule has 1 atom stereocenters. The number of aliphatic hydroxyl groups excluding tert-OH is 1. The lowest BCUT2D eigenvalue weighted by Crippen LogP contribution is -2.54. The van der Waals surface area contributed by atoms with Crippen molar-refractivity contribution in [2.45, 2.75) is 64.0 Å². The summed E-state index contributed by atoms with van der Waals surface area (Å²) in [4.78, 5) is 2.27. The number of hydrogen-bond acceptors (Lipinski definition) is 2. The summed E-state index contributed by atoms with van der Waals surface area (Å²) in [6.07, 6.45) is 6.91. The number of rotatable bonds is 5. The summed E-state index contributed by atoms with van der Waals surface area (Å²) in [7, 11) is 4.24. The minimum Gasteiger partial charge on any atom is -0.391 e. The molecule has 90 valence electrons. The first-order valence-corrected chi connectivity index (χ1v) is 6.44. The van der Waals surface area contributed by atoms with Gasteiger partial charge in [0.2, 0.25) is 0 Å². The van der Waals surface area contributed by atoms with Crippen LogP contribution in [0.15, 0.2) is 0 Å². The molecule has 0 radical (unpaired) electrons. The molecule has 0 bridgehead atoms. The van der Waals surface area contributed by atoms with Gasteiger partial charge in [0.05, 0.1) is 6.10 Å². The molecule has 0 amide bonds. The molecule has 1 rings (SSSR count). The minimum atomic E-state index is -0.148. The monoisotopic (exact) mass is 213 g/mol. The molecular formula is C13H27NO. The lowest BCUT2D eigenvalue weighted by molar-refractivity contribution is -0.0406. The molecule has 1 saturated carbocycles.